The fraction of sp³-hybridized carbons (Fsp3) is 0.667. The Bertz CT molecular complexity index is 184. The minimum absolute atomic E-state index is 1.13. The summed E-state index contributed by atoms with van der Waals surface area (Å²) in [5.41, 5.74) is 0. The van der Waals surface area contributed by atoms with Crippen molar-refractivity contribution in [3.05, 3.63) is 0 Å². The van der Waals surface area contributed by atoms with Crippen LogP contribution >= 0.6 is 0 Å². The van der Waals surface area contributed by atoms with Crippen molar-refractivity contribution < 1.29 is 17.8 Å². The van der Waals surface area contributed by atoms with Crippen LogP contribution < -0.4 is 5.32 Å². The topological polar surface area (TPSA) is 83.5 Å². The lowest BCUT2D eigenvalue weighted by Gasteiger charge is -2.02. The Labute approximate surface area is 52.8 Å². The minimum atomic E-state index is -4.14. The highest BCUT2D eigenvalue weighted by atomic mass is 32.2. The smallest absolute Gasteiger partial charge is 0.310 e. The van der Waals surface area contributed by atoms with Crippen LogP contribution in [0.2, 0.25) is 0 Å². The molecule has 0 aliphatic carbocycles. The number of hydrogen-bond donors (Lipinski definition) is 2. The molecule has 0 aliphatic heterocycles. The summed E-state index contributed by atoms with van der Waals surface area (Å²) in [5, 5.41) is 0.459. The molecule has 0 aromatic rings. The monoisotopic (exact) mass is 152 g/mol. The van der Waals surface area contributed by atoms with Gasteiger partial charge in [-0.15, -0.1) is 0 Å². The van der Waals surface area contributed by atoms with Crippen LogP contribution in [0.1, 0.15) is 6.92 Å². The molecule has 53 valence electrons. The molecule has 6 heteroatoms. The highest BCUT2D eigenvalue weighted by molar-refractivity contribution is 7.86. The number of nitrogens with one attached hydrogen (secondary N) is 1. The average molecular weight is 152 g/mol. The normalized spacial score (nSPS) is 14.4. The van der Waals surface area contributed by atoms with Gasteiger partial charge < -0.3 is 5.32 Å². The van der Waals surface area contributed by atoms with E-state index in [0.717, 1.165) is 13.3 Å². The van der Waals surface area contributed by atoms with E-state index in [1.54, 1.807) is 5.32 Å². The standard InChI is InChI=1S/C3H6NO4S/c1-3(4-2-5)9(6,7)8/h3H,1H3,(H,4,5)(H,6,7,8). The summed E-state index contributed by atoms with van der Waals surface area (Å²) in [7, 11) is -4.14. The van der Waals surface area contributed by atoms with Crippen LogP contribution in [0.5, 0.6) is 0 Å². The van der Waals surface area contributed by atoms with E-state index < -0.39 is 15.5 Å². The van der Waals surface area contributed by atoms with E-state index >= 15 is 0 Å². The van der Waals surface area contributed by atoms with Crippen LogP contribution in [0, 0.1) is 0 Å². The Morgan fingerprint density at radius 2 is 2.11 bits per heavy atom. The Morgan fingerprint density at radius 3 is 2.22 bits per heavy atom. The molecule has 0 spiro atoms. The average Bonchev–Trinajstić information content (AvgIpc) is 1.64. The van der Waals surface area contributed by atoms with Gasteiger partial charge in [0.2, 0.25) is 0 Å². The van der Waals surface area contributed by atoms with E-state index in [1.165, 1.54) is 0 Å². The lowest BCUT2D eigenvalue weighted by atomic mass is 10.8. The molecule has 0 heterocycles. The number of hydrogen-bond acceptors (Lipinski definition) is 3. The zero-order chi connectivity index (χ0) is 7.49. The van der Waals surface area contributed by atoms with E-state index in [-0.39, 0.29) is 0 Å². The largest absolute Gasteiger partial charge is 0.329 e. The van der Waals surface area contributed by atoms with Gasteiger partial charge in [0.25, 0.3) is 10.1 Å². The van der Waals surface area contributed by atoms with E-state index in [4.69, 9.17) is 4.55 Å². The third kappa shape index (κ3) is 3.04. The van der Waals surface area contributed by atoms with Crippen molar-refractivity contribution in [3.8, 4) is 0 Å². The second kappa shape index (κ2) is 2.79. The van der Waals surface area contributed by atoms with Crippen LogP contribution in [-0.2, 0) is 14.9 Å². The molecule has 2 N–H and O–H groups in total. The van der Waals surface area contributed by atoms with Crippen molar-refractivity contribution in [2.24, 2.45) is 0 Å². The first kappa shape index (κ1) is 8.38. The van der Waals surface area contributed by atoms with Gasteiger partial charge in [-0.3, -0.25) is 9.35 Å². The maximum Gasteiger partial charge on any atom is 0.310 e. The van der Waals surface area contributed by atoms with Crippen molar-refractivity contribution in [2.45, 2.75) is 12.3 Å². The van der Waals surface area contributed by atoms with Gasteiger partial charge in [0.15, 0.2) is 5.37 Å². The maximum absolute atomic E-state index is 10.0. The molecule has 0 rings (SSSR count). The molecular formula is C3H6NO4S. The van der Waals surface area contributed by atoms with Gasteiger partial charge in [-0.2, -0.15) is 8.42 Å². The van der Waals surface area contributed by atoms with E-state index in [0.29, 0.717) is 0 Å². The summed E-state index contributed by atoms with van der Waals surface area (Å²) in [5.74, 6) is 0. The summed E-state index contributed by atoms with van der Waals surface area (Å²) in [4.78, 5) is 9.45. The van der Waals surface area contributed by atoms with Crippen LogP contribution in [0.4, 0.5) is 0 Å². The summed E-state index contributed by atoms with van der Waals surface area (Å²) in [6.45, 7) is 1.13. The van der Waals surface area contributed by atoms with Gasteiger partial charge in [-0.05, 0) is 6.92 Å². The van der Waals surface area contributed by atoms with Crippen LogP contribution in [-0.4, -0.2) is 24.8 Å². The highest BCUT2D eigenvalue weighted by Gasteiger charge is 2.14. The number of rotatable bonds is 3. The fourth-order valence-corrected chi connectivity index (χ4v) is 0.354. The lowest BCUT2D eigenvalue weighted by molar-refractivity contribution is 0.462. The second-order valence-corrected chi connectivity index (χ2v) is 3.14. The van der Waals surface area contributed by atoms with Crippen molar-refractivity contribution in [2.75, 3.05) is 0 Å². The third-order valence-corrected chi connectivity index (χ3v) is 1.72. The first-order chi connectivity index (χ1) is 3.98. The fourth-order valence-electron chi connectivity index (χ4n) is 0.157. The molecule has 0 aromatic heterocycles. The molecule has 0 fully saturated rings. The number of carbonyl (C=O) groups excluding carboxylic acids is 1. The number of amides is 1. The van der Waals surface area contributed by atoms with Gasteiger partial charge in [0, 0.05) is 0 Å². The molecular weight excluding hydrogens is 146 g/mol. The summed E-state index contributed by atoms with van der Waals surface area (Å²) in [6, 6.07) is 0. The predicted octanol–water partition coefficient (Wildman–Crippen LogP) is -1.12. The first-order valence-corrected chi connectivity index (χ1v) is 3.57. The van der Waals surface area contributed by atoms with E-state index in [1.807, 2.05) is 0 Å². The van der Waals surface area contributed by atoms with Gasteiger partial charge in [0.1, 0.15) is 0 Å². The molecule has 9 heavy (non-hydrogen) atoms. The van der Waals surface area contributed by atoms with E-state index in [2.05, 4.69) is 0 Å². The highest BCUT2D eigenvalue weighted by Crippen LogP contribution is 1.89. The van der Waals surface area contributed by atoms with Crippen LogP contribution in [0.3, 0.4) is 0 Å². The minimum Gasteiger partial charge on any atom is -0.329 e. The van der Waals surface area contributed by atoms with E-state index in [9.17, 15) is 13.2 Å². The van der Waals surface area contributed by atoms with Crippen LogP contribution in [0.25, 0.3) is 0 Å². The SMILES string of the molecule is CC(N[C]=O)S(=O)(=O)O. The quantitative estimate of drug-likeness (QED) is 0.396. The summed E-state index contributed by atoms with van der Waals surface area (Å²) in [6.07, 6.45) is 1.13. The summed E-state index contributed by atoms with van der Waals surface area (Å²) < 4.78 is 28.2. The Balaban J connectivity index is 4.05. The first-order valence-electron chi connectivity index (χ1n) is 2.07. The molecule has 5 nitrogen and oxygen atoms in total. The van der Waals surface area contributed by atoms with Gasteiger partial charge in [-0.1, -0.05) is 0 Å². The molecule has 0 bridgehead atoms. The predicted molar refractivity (Wildman–Crippen MR) is 29.8 cm³/mol. The zero-order valence-electron chi connectivity index (χ0n) is 4.66. The molecule has 0 saturated heterocycles. The van der Waals surface area contributed by atoms with Gasteiger partial charge >= 0.3 is 6.41 Å². The Kier molecular flexibility index (Phi) is 2.60. The Hall–Kier alpha value is -0.620. The summed E-state index contributed by atoms with van der Waals surface area (Å²) >= 11 is 0. The molecule has 0 aliphatic rings. The Morgan fingerprint density at radius 1 is 1.67 bits per heavy atom. The lowest BCUT2D eigenvalue weighted by Crippen LogP contribution is -2.32. The third-order valence-electron chi connectivity index (χ3n) is 0.709. The molecule has 1 unspecified atom stereocenters. The maximum atomic E-state index is 10.0. The molecule has 1 radical (unpaired) electrons. The molecule has 1 atom stereocenters. The van der Waals surface area contributed by atoms with Crippen LogP contribution in [0.15, 0.2) is 0 Å². The van der Waals surface area contributed by atoms with Crippen molar-refractivity contribution in [1.82, 2.24) is 5.32 Å². The molecule has 0 saturated carbocycles. The van der Waals surface area contributed by atoms with Gasteiger partial charge in [0.05, 0.1) is 0 Å². The van der Waals surface area contributed by atoms with Crippen molar-refractivity contribution in [3.63, 3.8) is 0 Å². The van der Waals surface area contributed by atoms with Crippen molar-refractivity contribution in [1.29, 1.82) is 0 Å². The zero-order valence-corrected chi connectivity index (χ0v) is 5.47. The molecule has 1 amide bonds. The second-order valence-electron chi connectivity index (χ2n) is 1.40. The van der Waals surface area contributed by atoms with Gasteiger partial charge in [-0.25, -0.2) is 0 Å². The molecule has 0 aromatic carbocycles. The van der Waals surface area contributed by atoms with Crippen molar-refractivity contribution >= 4 is 16.5 Å².